The van der Waals surface area contributed by atoms with Gasteiger partial charge in [0, 0.05) is 60.0 Å². The Labute approximate surface area is 336 Å². The van der Waals surface area contributed by atoms with E-state index in [2.05, 4.69) is 59.6 Å². The molecule has 56 heavy (non-hydrogen) atoms. The lowest BCUT2D eigenvalue weighted by Crippen LogP contribution is -2.03. The number of aromatic nitrogens is 5. The van der Waals surface area contributed by atoms with Crippen molar-refractivity contribution >= 4 is 53.3 Å². The fraction of sp³-hybridized carbons (Fsp3) is 0. The largest absolute Gasteiger partial charge is 0.309 e. The zero-order chi connectivity index (χ0) is 43.1. The monoisotopic (exact) mass is 740 g/mol. The van der Waals surface area contributed by atoms with Crippen LogP contribution in [0.15, 0.2) is 188 Å². The van der Waals surface area contributed by atoms with Crippen molar-refractivity contribution in [1.29, 1.82) is 0 Å². The van der Waals surface area contributed by atoms with Crippen molar-refractivity contribution in [3.8, 4) is 62.1 Å². The highest BCUT2D eigenvalue weighted by Crippen LogP contribution is 2.41. The van der Waals surface area contributed by atoms with Crippen molar-refractivity contribution in [3.63, 3.8) is 0 Å². The summed E-state index contributed by atoms with van der Waals surface area (Å²) in [4.78, 5) is 19.5. The number of thiophene rings is 1. The van der Waals surface area contributed by atoms with Gasteiger partial charge in [0.05, 0.1) is 26.3 Å². The fourth-order valence-corrected chi connectivity index (χ4v) is 8.72. The van der Waals surface area contributed by atoms with Crippen LogP contribution in [0.4, 0.5) is 0 Å². The number of hydrogen-bond donors (Lipinski definition) is 0. The average molecular weight is 741 g/mol. The lowest BCUT2D eigenvalue weighted by atomic mass is 10.0. The van der Waals surface area contributed by atoms with Gasteiger partial charge in [0.25, 0.3) is 0 Å². The standard InChI is InChI=1S/C50H31N5S/c1-5-19-43-38(13-1)39-14-2-6-20-44(39)55(43)45-21-7-3-16-42(45)50-53-48(34-25-23-32(24-26-34)33-27-29-51-30-28-33)52-49(54-50)36-12-9-11-35(31-36)37-17-10-18-41-40-15-4-8-22-46(40)56-47(37)41/h1-31H/i1D,2D,5D,13D,14D,19D,20D. The molecule has 0 atom stereocenters. The average Bonchev–Trinajstić information content (AvgIpc) is 3.90. The summed E-state index contributed by atoms with van der Waals surface area (Å²) in [5, 5.41) is 2.57. The van der Waals surface area contributed by atoms with Crippen LogP contribution in [-0.4, -0.2) is 24.5 Å². The van der Waals surface area contributed by atoms with E-state index < -0.39 is 12.1 Å². The van der Waals surface area contributed by atoms with E-state index in [4.69, 9.17) is 24.5 Å². The molecule has 4 heterocycles. The van der Waals surface area contributed by atoms with Crippen LogP contribution in [0.2, 0.25) is 0 Å². The molecular formula is C50H31N5S. The van der Waals surface area contributed by atoms with E-state index in [0.717, 1.165) is 33.4 Å². The van der Waals surface area contributed by atoms with Gasteiger partial charge in [-0.05, 0) is 70.7 Å². The maximum Gasteiger partial charge on any atom is 0.166 e. The second-order valence-electron chi connectivity index (χ2n) is 13.3. The Kier molecular flexibility index (Phi) is 6.07. The highest BCUT2D eigenvalue weighted by molar-refractivity contribution is 7.26. The number of benzene rings is 7. The van der Waals surface area contributed by atoms with E-state index in [-0.39, 0.29) is 57.8 Å². The molecule has 5 nitrogen and oxygen atoms in total. The molecule has 11 rings (SSSR count). The minimum atomic E-state index is -0.464. The molecule has 0 fully saturated rings. The first-order valence-electron chi connectivity index (χ1n) is 21.5. The Hall–Kier alpha value is -7.28. The van der Waals surface area contributed by atoms with Crippen molar-refractivity contribution in [2.75, 3.05) is 0 Å². The Morgan fingerprint density at radius 1 is 0.446 bits per heavy atom. The minimum absolute atomic E-state index is 0.0650. The summed E-state index contributed by atoms with van der Waals surface area (Å²) in [7, 11) is 0. The molecule has 7 aromatic carbocycles. The van der Waals surface area contributed by atoms with Crippen molar-refractivity contribution in [1.82, 2.24) is 24.5 Å². The molecular weight excluding hydrogens is 703 g/mol. The molecule has 262 valence electrons. The molecule has 0 saturated heterocycles. The van der Waals surface area contributed by atoms with Crippen molar-refractivity contribution in [3.05, 3.63) is 188 Å². The molecule has 0 aliphatic rings. The number of nitrogens with zero attached hydrogens (tertiary/aromatic N) is 5. The molecule has 0 aliphatic carbocycles. The molecule has 0 aliphatic heterocycles. The molecule has 4 aromatic heterocycles. The van der Waals surface area contributed by atoms with Gasteiger partial charge in [-0.2, -0.15) is 0 Å². The third-order valence-electron chi connectivity index (χ3n) is 10.1. The minimum Gasteiger partial charge on any atom is -0.309 e. The predicted molar refractivity (Wildman–Crippen MR) is 232 cm³/mol. The summed E-state index contributed by atoms with van der Waals surface area (Å²) >= 11 is 1.76. The van der Waals surface area contributed by atoms with Gasteiger partial charge in [-0.3, -0.25) is 4.98 Å². The van der Waals surface area contributed by atoms with Crippen molar-refractivity contribution in [2.45, 2.75) is 0 Å². The van der Waals surface area contributed by atoms with Crippen LogP contribution in [-0.2, 0) is 0 Å². The topological polar surface area (TPSA) is 56.5 Å². The SMILES string of the molecule is [2H]c1cc([2H])c2c(c1[2H])c1c([2H])c([2H])c([2H])c([2H])c1n2-c1ccccc1-c1nc(-c2ccc(-c3ccncc3)cc2)nc(-c2cccc(-c3cccc4c3sc3ccccc34)c2)n1. The van der Waals surface area contributed by atoms with Crippen LogP contribution < -0.4 is 0 Å². The Morgan fingerprint density at radius 2 is 1.09 bits per heavy atom. The Morgan fingerprint density at radius 3 is 1.98 bits per heavy atom. The van der Waals surface area contributed by atoms with Crippen molar-refractivity contribution < 1.29 is 9.60 Å². The van der Waals surface area contributed by atoms with Gasteiger partial charge in [0.2, 0.25) is 0 Å². The maximum absolute atomic E-state index is 9.14. The smallest absolute Gasteiger partial charge is 0.166 e. The molecule has 0 bridgehead atoms. The highest BCUT2D eigenvalue weighted by atomic mass is 32.1. The first-order chi connectivity index (χ1) is 30.7. The van der Waals surface area contributed by atoms with E-state index >= 15 is 0 Å². The zero-order valence-electron chi connectivity index (χ0n) is 36.5. The van der Waals surface area contributed by atoms with Crippen LogP contribution in [0.1, 0.15) is 9.60 Å². The molecule has 0 spiro atoms. The van der Waals surface area contributed by atoms with Crippen molar-refractivity contribution in [2.24, 2.45) is 0 Å². The van der Waals surface area contributed by atoms with Gasteiger partial charge >= 0.3 is 0 Å². The Balaban J connectivity index is 1.15. The number of hydrogen-bond acceptors (Lipinski definition) is 5. The summed E-state index contributed by atoms with van der Waals surface area (Å²) in [6.07, 6.45) is 3.51. The van der Waals surface area contributed by atoms with Crippen LogP contribution in [0.25, 0.3) is 104 Å². The number of fused-ring (bicyclic) bond motifs is 6. The molecule has 11 aromatic rings. The van der Waals surface area contributed by atoms with Crippen LogP contribution >= 0.6 is 11.3 Å². The summed E-state index contributed by atoms with van der Waals surface area (Å²) in [6.45, 7) is 0. The lowest BCUT2D eigenvalue weighted by Gasteiger charge is -2.15. The molecule has 6 heteroatoms. The molecule has 0 radical (unpaired) electrons. The highest BCUT2D eigenvalue weighted by Gasteiger charge is 2.20. The molecule has 0 amide bonds. The Bertz CT molecular complexity index is 3660. The summed E-state index contributed by atoms with van der Waals surface area (Å²) in [5.41, 5.74) is 6.77. The summed E-state index contributed by atoms with van der Waals surface area (Å²) < 4.78 is 65.8. The van der Waals surface area contributed by atoms with E-state index in [0.29, 0.717) is 22.9 Å². The van der Waals surface area contributed by atoms with Crippen LogP contribution in [0.3, 0.4) is 0 Å². The summed E-state index contributed by atoms with van der Waals surface area (Å²) in [5.74, 6) is 1.10. The van der Waals surface area contributed by atoms with Gasteiger partial charge in [0.15, 0.2) is 17.5 Å². The van der Waals surface area contributed by atoms with E-state index in [1.54, 1.807) is 40.4 Å². The normalized spacial score (nSPS) is 13.3. The zero-order valence-corrected chi connectivity index (χ0v) is 30.3. The first kappa shape index (κ1) is 25.7. The van der Waals surface area contributed by atoms with Crippen LogP contribution in [0, 0.1) is 0 Å². The number of rotatable bonds is 6. The maximum atomic E-state index is 9.14. The van der Waals surface area contributed by atoms with Gasteiger partial charge in [-0.25, -0.2) is 15.0 Å². The van der Waals surface area contributed by atoms with Gasteiger partial charge in [-0.1, -0.05) is 127 Å². The first-order valence-corrected chi connectivity index (χ1v) is 18.9. The van der Waals surface area contributed by atoms with Gasteiger partial charge in [0.1, 0.15) is 0 Å². The molecule has 0 saturated carbocycles. The second kappa shape index (κ2) is 13.2. The predicted octanol–water partition coefficient (Wildman–Crippen LogP) is 13.1. The third kappa shape index (κ3) is 5.38. The number of para-hydroxylation sites is 3. The fourth-order valence-electron chi connectivity index (χ4n) is 7.48. The van der Waals surface area contributed by atoms with Gasteiger partial charge < -0.3 is 4.57 Å². The third-order valence-corrected chi connectivity index (χ3v) is 11.3. The van der Waals surface area contributed by atoms with Crippen LogP contribution in [0.5, 0.6) is 0 Å². The second-order valence-corrected chi connectivity index (χ2v) is 14.4. The van der Waals surface area contributed by atoms with E-state index in [9.17, 15) is 0 Å². The van der Waals surface area contributed by atoms with E-state index in [1.807, 2.05) is 60.7 Å². The van der Waals surface area contributed by atoms with E-state index in [1.165, 1.54) is 26.2 Å². The number of pyridine rings is 1. The quantitative estimate of drug-likeness (QED) is 0.170. The molecule has 0 N–H and O–H groups in total. The van der Waals surface area contributed by atoms with Gasteiger partial charge in [-0.15, -0.1) is 11.3 Å². The molecule has 0 unspecified atom stereocenters. The summed E-state index contributed by atoms with van der Waals surface area (Å²) in [6, 6.07) is 41.1. The lowest BCUT2D eigenvalue weighted by molar-refractivity contribution is 1.06.